The molecule has 1 aliphatic carbocycles. The summed E-state index contributed by atoms with van der Waals surface area (Å²) >= 11 is 0. The minimum Gasteiger partial charge on any atom is -0.356 e. The van der Waals surface area contributed by atoms with E-state index in [2.05, 4.69) is 34.6 Å². The molecule has 4 rings (SSSR count). The van der Waals surface area contributed by atoms with Gasteiger partial charge in [-0.15, -0.1) is 0 Å². The molecule has 2 aliphatic rings. The Hall–Kier alpha value is -2.69. The van der Waals surface area contributed by atoms with Crippen molar-refractivity contribution in [3.8, 4) is 0 Å². The highest BCUT2D eigenvalue weighted by Crippen LogP contribution is 2.27. The van der Waals surface area contributed by atoms with Crippen molar-refractivity contribution in [2.75, 3.05) is 19.6 Å². The summed E-state index contributed by atoms with van der Waals surface area (Å²) in [5, 5.41) is 3.04. The molecular weight excluding hydrogens is 386 g/mol. The molecule has 2 aromatic rings. The standard InChI is InChI=1S/C26H33N3O2/c30-25(28-19-23-7-8-23)10-9-20-3-5-21(6-4-20)16-22-11-14-29(15-12-22)26(31)17-24-2-1-13-27-18-24/h1-6,13,18,22-23H,7-12,14-17,19H2,(H,28,30). The number of amides is 2. The molecule has 2 amide bonds. The zero-order chi connectivity index (χ0) is 21.5. The zero-order valence-electron chi connectivity index (χ0n) is 18.3. The van der Waals surface area contributed by atoms with E-state index in [0.29, 0.717) is 18.8 Å². The van der Waals surface area contributed by atoms with Crippen molar-refractivity contribution < 1.29 is 9.59 Å². The highest BCUT2D eigenvalue weighted by atomic mass is 16.2. The Bertz CT molecular complexity index is 854. The van der Waals surface area contributed by atoms with Crippen molar-refractivity contribution in [2.45, 2.75) is 51.4 Å². The number of hydrogen-bond donors (Lipinski definition) is 1. The van der Waals surface area contributed by atoms with Gasteiger partial charge in [-0.25, -0.2) is 0 Å². The largest absolute Gasteiger partial charge is 0.356 e. The first-order chi connectivity index (χ1) is 15.2. The fourth-order valence-electron chi connectivity index (χ4n) is 4.28. The molecule has 1 saturated carbocycles. The number of piperidine rings is 1. The normalized spacial score (nSPS) is 16.8. The second-order valence-electron chi connectivity index (χ2n) is 9.13. The molecule has 5 heteroatoms. The van der Waals surface area contributed by atoms with E-state index >= 15 is 0 Å². The molecule has 0 bridgehead atoms. The first-order valence-electron chi connectivity index (χ1n) is 11.7. The molecule has 164 valence electrons. The molecule has 5 nitrogen and oxygen atoms in total. The van der Waals surface area contributed by atoms with Crippen LogP contribution in [0, 0.1) is 11.8 Å². The summed E-state index contributed by atoms with van der Waals surface area (Å²) in [7, 11) is 0. The smallest absolute Gasteiger partial charge is 0.227 e. The molecule has 31 heavy (non-hydrogen) atoms. The second-order valence-corrected chi connectivity index (χ2v) is 9.13. The quantitative estimate of drug-likeness (QED) is 0.676. The topological polar surface area (TPSA) is 62.3 Å². The summed E-state index contributed by atoms with van der Waals surface area (Å²) in [5.74, 6) is 1.73. The van der Waals surface area contributed by atoms with Crippen LogP contribution in [0.1, 0.15) is 48.8 Å². The lowest BCUT2D eigenvalue weighted by atomic mass is 9.89. The molecule has 1 saturated heterocycles. The van der Waals surface area contributed by atoms with E-state index in [1.807, 2.05) is 17.0 Å². The number of rotatable bonds is 9. The van der Waals surface area contributed by atoms with Crippen molar-refractivity contribution in [1.82, 2.24) is 15.2 Å². The van der Waals surface area contributed by atoms with E-state index in [9.17, 15) is 9.59 Å². The van der Waals surface area contributed by atoms with Crippen molar-refractivity contribution >= 4 is 11.8 Å². The molecule has 0 radical (unpaired) electrons. The molecular formula is C26H33N3O2. The number of aromatic nitrogens is 1. The van der Waals surface area contributed by atoms with Crippen molar-refractivity contribution in [3.63, 3.8) is 0 Å². The number of nitrogens with zero attached hydrogens (tertiary/aromatic N) is 2. The van der Waals surface area contributed by atoms with Crippen LogP contribution in [0.3, 0.4) is 0 Å². The summed E-state index contributed by atoms with van der Waals surface area (Å²) < 4.78 is 0. The van der Waals surface area contributed by atoms with Gasteiger partial charge in [-0.05, 0) is 73.1 Å². The van der Waals surface area contributed by atoms with Crippen LogP contribution in [-0.2, 0) is 28.9 Å². The van der Waals surface area contributed by atoms with Crippen LogP contribution in [0.4, 0.5) is 0 Å². The SMILES string of the molecule is O=C(CCc1ccc(CC2CCN(C(=O)Cc3cccnc3)CC2)cc1)NCC1CC1. The van der Waals surface area contributed by atoms with Gasteiger partial charge in [0.15, 0.2) is 0 Å². The predicted molar refractivity (Wildman–Crippen MR) is 121 cm³/mol. The van der Waals surface area contributed by atoms with Crippen molar-refractivity contribution in [1.29, 1.82) is 0 Å². The predicted octanol–water partition coefficient (Wildman–Crippen LogP) is 3.56. The lowest BCUT2D eigenvalue weighted by Gasteiger charge is -2.32. The maximum absolute atomic E-state index is 12.5. The van der Waals surface area contributed by atoms with E-state index < -0.39 is 0 Å². The Kier molecular flexibility index (Phi) is 7.34. The molecule has 1 aromatic carbocycles. The summed E-state index contributed by atoms with van der Waals surface area (Å²) in [6.07, 6.45) is 11.0. The molecule has 1 aliphatic heterocycles. The minimum absolute atomic E-state index is 0.167. The fraction of sp³-hybridized carbons (Fsp3) is 0.500. The van der Waals surface area contributed by atoms with E-state index in [1.165, 1.54) is 24.0 Å². The monoisotopic (exact) mass is 419 g/mol. The lowest BCUT2D eigenvalue weighted by Crippen LogP contribution is -2.39. The Morgan fingerprint density at radius 2 is 1.68 bits per heavy atom. The average molecular weight is 420 g/mol. The Morgan fingerprint density at radius 3 is 2.35 bits per heavy atom. The van der Waals surface area contributed by atoms with Crippen LogP contribution in [-0.4, -0.2) is 41.3 Å². The van der Waals surface area contributed by atoms with Gasteiger partial charge in [0.1, 0.15) is 0 Å². The Balaban J connectivity index is 1.16. The van der Waals surface area contributed by atoms with E-state index in [1.54, 1.807) is 12.4 Å². The molecule has 2 fully saturated rings. The van der Waals surface area contributed by atoms with Gasteiger partial charge >= 0.3 is 0 Å². The number of carbonyl (C=O) groups is 2. The molecule has 2 heterocycles. The third-order valence-corrected chi connectivity index (χ3v) is 6.52. The van der Waals surface area contributed by atoms with Gasteiger partial charge in [0.05, 0.1) is 6.42 Å². The number of nitrogens with one attached hydrogen (secondary N) is 1. The van der Waals surface area contributed by atoms with Gasteiger partial charge < -0.3 is 10.2 Å². The number of benzene rings is 1. The number of hydrogen-bond acceptors (Lipinski definition) is 3. The first kappa shape index (κ1) is 21.5. The zero-order valence-corrected chi connectivity index (χ0v) is 18.3. The van der Waals surface area contributed by atoms with E-state index in [4.69, 9.17) is 0 Å². The van der Waals surface area contributed by atoms with E-state index in [0.717, 1.165) is 56.8 Å². The van der Waals surface area contributed by atoms with Crippen LogP contribution in [0.2, 0.25) is 0 Å². The van der Waals surface area contributed by atoms with Gasteiger partial charge in [0.25, 0.3) is 0 Å². The number of aryl methyl sites for hydroxylation is 1. The number of likely N-dealkylation sites (tertiary alicyclic amines) is 1. The molecule has 0 unspecified atom stereocenters. The van der Waals surface area contributed by atoms with Crippen LogP contribution in [0.5, 0.6) is 0 Å². The first-order valence-corrected chi connectivity index (χ1v) is 11.7. The highest BCUT2D eigenvalue weighted by Gasteiger charge is 2.23. The summed E-state index contributed by atoms with van der Waals surface area (Å²) in [4.78, 5) is 30.5. The van der Waals surface area contributed by atoms with Gasteiger partial charge in [0, 0.05) is 38.4 Å². The van der Waals surface area contributed by atoms with Gasteiger partial charge in [-0.1, -0.05) is 30.3 Å². The summed E-state index contributed by atoms with van der Waals surface area (Å²) in [5.41, 5.74) is 3.55. The number of carbonyl (C=O) groups excluding carboxylic acids is 2. The highest BCUT2D eigenvalue weighted by molar-refractivity contribution is 5.78. The number of pyridine rings is 1. The second kappa shape index (κ2) is 10.6. The van der Waals surface area contributed by atoms with Gasteiger partial charge in [0.2, 0.25) is 11.8 Å². The lowest BCUT2D eigenvalue weighted by molar-refractivity contribution is -0.131. The molecule has 1 aromatic heterocycles. The average Bonchev–Trinajstić information content (AvgIpc) is 3.63. The van der Waals surface area contributed by atoms with Gasteiger partial charge in [-0.2, -0.15) is 0 Å². The van der Waals surface area contributed by atoms with Crippen LogP contribution in [0.25, 0.3) is 0 Å². The fourth-order valence-corrected chi connectivity index (χ4v) is 4.28. The minimum atomic E-state index is 0.167. The third kappa shape index (κ3) is 6.91. The van der Waals surface area contributed by atoms with Crippen molar-refractivity contribution in [3.05, 3.63) is 65.5 Å². The maximum Gasteiger partial charge on any atom is 0.227 e. The summed E-state index contributed by atoms with van der Waals surface area (Å²) in [6.45, 7) is 2.54. The van der Waals surface area contributed by atoms with Gasteiger partial charge in [-0.3, -0.25) is 14.6 Å². The molecule has 0 spiro atoms. The van der Waals surface area contributed by atoms with Crippen LogP contribution in [0.15, 0.2) is 48.8 Å². The molecule has 1 N–H and O–H groups in total. The Labute approximate surface area is 185 Å². The van der Waals surface area contributed by atoms with E-state index in [-0.39, 0.29) is 11.8 Å². The van der Waals surface area contributed by atoms with Crippen LogP contribution >= 0.6 is 0 Å². The third-order valence-electron chi connectivity index (χ3n) is 6.52. The maximum atomic E-state index is 12.5. The van der Waals surface area contributed by atoms with Crippen LogP contribution < -0.4 is 5.32 Å². The Morgan fingerprint density at radius 1 is 0.935 bits per heavy atom. The van der Waals surface area contributed by atoms with Crippen molar-refractivity contribution in [2.24, 2.45) is 11.8 Å². The summed E-state index contributed by atoms with van der Waals surface area (Å²) in [6, 6.07) is 12.6. The molecule has 0 atom stereocenters.